The monoisotopic (exact) mass is 491 g/mol. The molecule has 0 amide bonds. The fraction of sp³-hybridized carbons (Fsp3) is 0.370. The summed E-state index contributed by atoms with van der Waals surface area (Å²) in [6, 6.07) is 15.6. The number of anilines is 1. The van der Waals surface area contributed by atoms with E-state index in [1.165, 1.54) is 11.8 Å². The number of pyridine rings is 1. The summed E-state index contributed by atoms with van der Waals surface area (Å²) in [6.45, 7) is 1.41. The number of aromatic nitrogens is 2. The number of nitrogens with one attached hydrogen (secondary N) is 1. The maximum Gasteiger partial charge on any atom is 0.303 e. The number of hydrogen-bond acceptors (Lipinski definition) is 8. The lowest BCUT2D eigenvalue weighted by Gasteiger charge is -2.23. The Kier molecular flexibility index (Phi) is 7.35. The zero-order valence-corrected chi connectivity index (χ0v) is 19.9. The summed E-state index contributed by atoms with van der Waals surface area (Å²) in [5.41, 5.74) is 3.21. The fourth-order valence-electron chi connectivity index (χ4n) is 4.72. The van der Waals surface area contributed by atoms with Crippen LogP contribution < -0.4 is 10.1 Å². The van der Waals surface area contributed by atoms with E-state index in [1.54, 1.807) is 6.07 Å². The van der Waals surface area contributed by atoms with Crippen molar-refractivity contribution in [3.8, 4) is 5.88 Å². The molecule has 2 aromatic heterocycles. The third kappa shape index (κ3) is 5.79. The molecule has 188 valence electrons. The van der Waals surface area contributed by atoms with Crippen LogP contribution in [0.1, 0.15) is 41.3 Å². The van der Waals surface area contributed by atoms with Crippen LogP contribution >= 0.6 is 0 Å². The van der Waals surface area contributed by atoms with Crippen molar-refractivity contribution in [2.75, 3.05) is 25.3 Å². The predicted octanol–water partition coefficient (Wildman–Crippen LogP) is 4.31. The Hall–Kier alpha value is -4.01. The molecule has 0 aliphatic carbocycles. The van der Waals surface area contributed by atoms with Gasteiger partial charge in [-0.1, -0.05) is 36.4 Å². The van der Waals surface area contributed by atoms with Crippen molar-refractivity contribution in [2.24, 2.45) is 5.92 Å². The number of hydrogen-bond donors (Lipinski definition) is 2. The smallest absolute Gasteiger partial charge is 0.303 e. The van der Waals surface area contributed by atoms with Gasteiger partial charge in [-0.2, -0.15) is 0 Å². The summed E-state index contributed by atoms with van der Waals surface area (Å²) in [7, 11) is 0. The van der Waals surface area contributed by atoms with Crippen LogP contribution in [0.4, 0.5) is 5.82 Å². The first kappa shape index (κ1) is 23.7. The molecule has 0 saturated carbocycles. The number of aliphatic carboxylic acids is 1. The Labute approximate surface area is 209 Å². The number of nitrogens with zero attached hydrogens (tertiary/aromatic N) is 2. The summed E-state index contributed by atoms with van der Waals surface area (Å²) >= 11 is 0. The predicted molar refractivity (Wildman–Crippen MR) is 130 cm³/mol. The minimum Gasteiger partial charge on any atom is -0.481 e. The molecule has 1 aromatic carbocycles. The Morgan fingerprint density at radius 2 is 2.08 bits per heavy atom. The van der Waals surface area contributed by atoms with Gasteiger partial charge in [-0.05, 0) is 47.5 Å². The first-order valence-corrected chi connectivity index (χ1v) is 12.2. The van der Waals surface area contributed by atoms with Gasteiger partial charge < -0.3 is 29.2 Å². The Balaban J connectivity index is 1.29. The molecule has 2 aliphatic rings. The van der Waals surface area contributed by atoms with Gasteiger partial charge >= 0.3 is 5.97 Å². The van der Waals surface area contributed by atoms with Crippen LogP contribution in [0, 0.1) is 5.92 Å². The summed E-state index contributed by atoms with van der Waals surface area (Å²) in [4.78, 5) is 16.4. The molecule has 9 heteroatoms. The van der Waals surface area contributed by atoms with Gasteiger partial charge in [0.1, 0.15) is 17.8 Å². The molecule has 0 bridgehead atoms. The molecular formula is C27H29N3O6. The summed E-state index contributed by atoms with van der Waals surface area (Å²) in [5.74, 6) is 0.557. The molecule has 2 atom stereocenters. The number of ether oxygens (including phenoxy) is 3. The summed E-state index contributed by atoms with van der Waals surface area (Å²) in [6.07, 6.45) is 4.76. The molecule has 0 saturated heterocycles. The maximum atomic E-state index is 11.7. The molecule has 0 fully saturated rings. The van der Waals surface area contributed by atoms with E-state index < -0.39 is 11.9 Å². The molecule has 4 heterocycles. The Morgan fingerprint density at radius 3 is 2.89 bits per heavy atom. The maximum absolute atomic E-state index is 11.7. The van der Waals surface area contributed by atoms with Crippen molar-refractivity contribution >= 4 is 11.8 Å². The second-order valence-corrected chi connectivity index (χ2v) is 8.98. The first-order valence-electron chi connectivity index (χ1n) is 12.2. The van der Waals surface area contributed by atoms with Crippen molar-refractivity contribution in [1.82, 2.24) is 10.1 Å². The number of benzene rings is 1. The lowest BCUT2D eigenvalue weighted by atomic mass is 9.81. The van der Waals surface area contributed by atoms with Gasteiger partial charge in [-0.25, -0.2) is 4.98 Å². The number of fused-ring (bicyclic) bond motifs is 1. The number of allylic oxidation sites excluding steroid dienone is 1. The van der Waals surface area contributed by atoms with E-state index in [0.717, 1.165) is 36.5 Å². The molecule has 2 aliphatic heterocycles. The van der Waals surface area contributed by atoms with Crippen LogP contribution in [-0.2, 0) is 33.5 Å². The number of carboxylic acid groups (broad SMARTS) is 1. The molecule has 5 rings (SSSR count). The van der Waals surface area contributed by atoms with Gasteiger partial charge in [-0.3, -0.25) is 4.79 Å². The number of aryl methyl sites for hydroxylation is 1. The zero-order chi connectivity index (χ0) is 24.7. The average molecular weight is 492 g/mol. The van der Waals surface area contributed by atoms with E-state index >= 15 is 0 Å². The standard InChI is InChI=1S/C27H29N3O6/c31-25(32)14-20(13-18-5-2-1-3-6-18)26(23-16-33-17-35-23)22-15-24(30-36-22)34-12-10-21-9-8-19-7-4-11-28-27(19)29-21/h1-3,5-6,8-9,15-16,20,26H,4,7,10-14,17H2,(H,28,29)(H,31,32). The molecular weight excluding hydrogens is 462 g/mol. The quantitative estimate of drug-likeness (QED) is 0.405. The molecule has 2 N–H and O–H groups in total. The molecule has 2 unspecified atom stereocenters. The highest BCUT2D eigenvalue weighted by Gasteiger charge is 2.35. The van der Waals surface area contributed by atoms with Crippen LogP contribution in [0.2, 0.25) is 0 Å². The second-order valence-electron chi connectivity index (χ2n) is 8.98. The molecule has 36 heavy (non-hydrogen) atoms. The van der Waals surface area contributed by atoms with Crippen molar-refractivity contribution in [1.29, 1.82) is 0 Å². The number of carboxylic acids is 1. The average Bonchev–Trinajstić information content (AvgIpc) is 3.58. The van der Waals surface area contributed by atoms with Gasteiger partial charge in [0.05, 0.1) is 12.5 Å². The minimum absolute atomic E-state index is 0.0742. The normalized spacial score (nSPS) is 16.1. The molecule has 0 radical (unpaired) electrons. The van der Waals surface area contributed by atoms with Gasteiger partial charge in [0, 0.05) is 31.1 Å². The van der Waals surface area contributed by atoms with Crippen molar-refractivity contribution in [2.45, 2.75) is 38.0 Å². The molecule has 9 nitrogen and oxygen atoms in total. The van der Waals surface area contributed by atoms with Crippen molar-refractivity contribution in [3.63, 3.8) is 0 Å². The van der Waals surface area contributed by atoms with E-state index in [1.807, 2.05) is 36.4 Å². The SMILES string of the molecule is O=C(O)CC(Cc1ccccc1)C(C1=COCO1)c1cc(OCCc2ccc3c(n2)NCCC3)no1. The zero-order valence-electron chi connectivity index (χ0n) is 19.9. The van der Waals surface area contributed by atoms with Gasteiger partial charge in [0.25, 0.3) is 5.88 Å². The van der Waals surface area contributed by atoms with Crippen LogP contribution in [0.3, 0.4) is 0 Å². The van der Waals surface area contributed by atoms with Crippen LogP contribution in [-0.4, -0.2) is 41.2 Å². The molecule has 3 aromatic rings. The first-order chi connectivity index (χ1) is 17.7. The minimum atomic E-state index is -0.900. The molecule has 0 spiro atoms. The second kappa shape index (κ2) is 11.2. The van der Waals surface area contributed by atoms with Crippen LogP contribution in [0.25, 0.3) is 0 Å². The lowest BCUT2D eigenvalue weighted by Crippen LogP contribution is -2.21. The van der Waals surface area contributed by atoms with Gasteiger partial charge in [0.2, 0.25) is 6.79 Å². The van der Waals surface area contributed by atoms with Gasteiger partial charge in [-0.15, -0.1) is 0 Å². The largest absolute Gasteiger partial charge is 0.481 e. The Bertz CT molecular complexity index is 1210. The Morgan fingerprint density at radius 1 is 1.19 bits per heavy atom. The summed E-state index contributed by atoms with van der Waals surface area (Å²) < 4.78 is 22.5. The number of rotatable bonds is 11. The van der Waals surface area contributed by atoms with Gasteiger partial charge in [0.15, 0.2) is 5.76 Å². The van der Waals surface area contributed by atoms with E-state index in [-0.39, 0.29) is 19.1 Å². The van der Waals surface area contributed by atoms with Crippen molar-refractivity contribution < 1.29 is 28.6 Å². The number of carbonyl (C=O) groups is 1. The topological polar surface area (TPSA) is 116 Å². The fourth-order valence-corrected chi connectivity index (χ4v) is 4.72. The van der Waals surface area contributed by atoms with E-state index in [4.69, 9.17) is 23.7 Å². The lowest BCUT2D eigenvalue weighted by molar-refractivity contribution is -0.138. The highest BCUT2D eigenvalue weighted by molar-refractivity contribution is 5.67. The highest BCUT2D eigenvalue weighted by atomic mass is 16.7. The van der Waals surface area contributed by atoms with E-state index in [9.17, 15) is 9.90 Å². The third-order valence-electron chi connectivity index (χ3n) is 6.42. The highest BCUT2D eigenvalue weighted by Crippen LogP contribution is 2.39. The van der Waals surface area contributed by atoms with Crippen LogP contribution in [0.15, 0.2) is 65.1 Å². The van der Waals surface area contributed by atoms with E-state index in [0.29, 0.717) is 36.8 Å². The van der Waals surface area contributed by atoms with E-state index in [2.05, 4.69) is 16.5 Å². The third-order valence-corrected chi connectivity index (χ3v) is 6.42. The van der Waals surface area contributed by atoms with Crippen molar-refractivity contribution in [3.05, 3.63) is 83.1 Å². The van der Waals surface area contributed by atoms with Crippen LogP contribution in [0.5, 0.6) is 5.88 Å². The summed E-state index contributed by atoms with van der Waals surface area (Å²) in [5, 5.41) is 17.1.